The van der Waals surface area contributed by atoms with Gasteiger partial charge < -0.3 is 10.6 Å². The second-order valence-corrected chi connectivity index (χ2v) is 5.74. The van der Waals surface area contributed by atoms with Crippen LogP contribution in [-0.4, -0.2) is 25.0 Å². The first-order chi connectivity index (χ1) is 8.67. The normalized spacial score (nSPS) is 25.7. The molecule has 0 saturated carbocycles. The Morgan fingerprint density at radius 1 is 1.44 bits per heavy atom. The molecule has 106 valence electrons. The predicted octanol–water partition coefficient (Wildman–Crippen LogP) is 2.71. The minimum absolute atomic E-state index is 0.227. The minimum atomic E-state index is 0.227. The molecular weight excluding hydrogens is 224 g/mol. The summed E-state index contributed by atoms with van der Waals surface area (Å²) in [6, 6.07) is 0.483. The first-order valence-electron chi connectivity index (χ1n) is 7.68. The predicted molar refractivity (Wildman–Crippen MR) is 76.5 cm³/mol. The van der Waals surface area contributed by atoms with Crippen molar-refractivity contribution in [3.63, 3.8) is 0 Å². The molecule has 0 spiro atoms. The van der Waals surface area contributed by atoms with Gasteiger partial charge in [0.1, 0.15) is 0 Å². The van der Waals surface area contributed by atoms with Crippen LogP contribution >= 0.6 is 0 Å². The molecule has 1 fully saturated rings. The van der Waals surface area contributed by atoms with Crippen LogP contribution < -0.4 is 10.6 Å². The van der Waals surface area contributed by atoms with Gasteiger partial charge in [-0.2, -0.15) is 0 Å². The average molecular weight is 254 g/mol. The zero-order valence-electron chi connectivity index (χ0n) is 12.3. The smallest absolute Gasteiger partial charge is 0.223 e. The maximum absolute atomic E-state index is 12.1. The Kier molecular flexibility index (Phi) is 7.33. The summed E-state index contributed by atoms with van der Waals surface area (Å²) in [6.45, 7) is 8.45. The number of unbranched alkanes of at least 4 members (excludes halogenated alkanes) is 1. The lowest BCUT2D eigenvalue weighted by atomic mass is 9.92. The molecular formula is C15H30N2O. The van der Waals surface area contributed by atoms with Crippen LogP contribution in [0.1, 0.15) is 59.3 Å². The number of hydrogen-bond donors (Lipinski definition) is 2. The molecule has 0 aliphatic carbocycles. The number of carbonyl (C=O) groups is 1. The highest BCUT2D eigenvalue weighted by atomic mass is 16.1. The largest absolute Gasteiger partial charge is 0.356 e. The number of hydrogen-bond acceptors (Lipinski definition) is 2. The van der Waals surface area contributed by atoms with Crippen LogP contribution in [0.2, 0.25) is 0 Å². The summed E-state index contributed by atoms with van der Waals surface area (Å²) in [6.07, 6.45) is 6.91. The van der Waals surface area contributed by atoms with Crippen LogP contribution in [0, 0.1) is 11.8 Å². The van der Waals surface area contributed by atoms with E-state index < -0.39 is 0 Å². The summed E-state index contributed by atoms with van der Waals surface area (Å²) < 4.78 is 0. The van der Waals surface area contributed by atoms with Gasteiger partial charge in [0.05, 0.1) is 0 Å². The monoisotopic (exact) mass is 254 g/mol. The summed E-state index contributed by atoms with van der Waals surface area (Å²) in [5.41, 5.74) is 0. The molecule has 0 radical (unpaired) electrons. The highest BCUT2D eigenvalue weighted by molar-refractivity contribution is 5.78. The lowest BCUT2D eigenvalue weighted by Gasteiger charge is -2.27. The standard InChI is InChI=1S/C15H30N2O/c1-4-6-7-13(5-2)11-17-15(18)14-8-9-16-12(3)10-14/h12-14,16H,4-11H2,1-3H3,(H,17,18)/t12-,13?,14-/m0/s1. The van der Waals surface area contributed by atoms with Crippen LogP contribution in [0.3, 0.4) is 0 Å². The van der Waals surface area contributed by atoms with Crippen molar-refractivity contribution >= 4 is 5.91 Å². The molecule has 0 aromatic carbocycles. The third-order valence-electron chi connectivity index (χ3n) is 4.10. The number of rotatable bonds is 7. The molecule has 0 aromatic rings. The van der Waals surface area contributed by atoms with Crippen molar-refractivity contribution in [2.75, 3.05) is 13.1 Å². The van der Waals surface area contributed by atoms with Gasteiger partial charge in [-0.15, -0.1) is 0 Å². The van der Waals surface area contributed by atoms with Crippen LogP contribution in [0.25, 0.3) is 0 Å². The first kappa shape index (κ1) is 15.5. The topological polar surface area (TPSA) is 41.1 Å². The third kappa shape index (κ3) is 5.38. The summed E-state index contributed by atoms with van der Waals surface area (Å²) in [5, 5.41) is 6.56. The lowest BCUT2D eigenvalue weighted by molar-refractivity contribution is -0.126. The van der Waals surface area contributed by atoms with Crippen molar-refractivity contribution in [3.05, 3.63) is 0 Å². The molecule has 0 bridgehead atoms. The SMILES string of the molecule is CCCCC(CC)CNC(=O)[C@H]1CCN[C@@H](C)C1. The highest BCUT2D eigenvalue weighted by Crippen LogP contribution is 2.17. The van der Waals surface area contributed by atoms with Gasteiger partial charge in [-0.05, 0) is 38.6 Å². The van der Waals surface area contributed by atoms with E-state index in [-0.39, 0.29) is 11.8 Å². The number of nitrogens with one attached hydrogen (secondary N) is 2. The zero-order chi connectivity index (χ0) is 13.4. The average Bonchev–Trinajstić information content (AvgIpc) is 2.38. The third-order valence-corrected chi connectivity index (χ3v) is 4.10. The highest BCUT2D eigenvalue weighted by Gasteiger charge is 2.24. The Morgan fingerprint density at radius 2 is 2.22 bits per heavy atom. The number of amides is 1. The van der Waals surface area contributed by atoms with E-state index >= 15 is 0 Å². The Balaban J connectivity index is 2.26. The van der Waals surface area contributed by atoms with Crippen molar-refractivity contribution < 1.29 is 4.79 Å². The minimum Gasteiger partial charge on any atom is -0.356 e. The van der Waals surface area contributed by atoms with Crippen molar-refractivity contribution in [3.8, 4) is 0 Å². The summed E-state index contributed by atoms with van der Waals surface area (Å²) >= 11 is 0. The maximum atomic E-state index is 12.1. The van der Waals surface area contributed by atoms with Gasteiger partial charge in [0.25, 0.3) is 0 Å². The summed E-state index contributed by atoms with van der Waals surface area (Å²) in [7, 11) is 0. The molecule has 1 amide bonds. The second kappa shape index (κ2) is 8.52. The van der Waals surface area contributed by atoms with E-state index in [0.717, 1.165) is 25.9 Å². The van der Waals surface area contributed by atoms with E-state index in [0.29, 0.717) is 12.0 Å². The molecule has 1 saturated heterocycles. The van der Waals surface area contributed by atoms with Crippen LogP contribution in [0.15, 0.2) is 0 Å². The summed E-state index contributed by atoms with van der Waals surface area (Å²) in [4.78, 5) is 12.1. The van der Waals surface area contributed by atoms with Gasteiger partial charge in [0.15, 0.2) is 0 Å². The molecule has 3 nitrogen and oxygen atoms in total. The van der Waals surface area contributed by atoms with E-state index in [1.165, 1.54) is 25.7 Å². The van der Waals surface area contributed by atoms with Gasteiger partial charge in [-0.3, -0.25) is 4.79 Å². The second-order valence-electron chi connectivity index (χ2n) is 5.74. The van der Waals surface area contributed by atoms with Crippen molar-refractivity contribution in [2.45, 2.75) is 65.3 Å². The molecule has 1 aliphatic rings. The fraction of sp³-hybridized carbons (Fsp3) is 0.933. The fourth-order valence-corrected chi connectivity index (χ4v) is 2.70. The number of piperidine rings is 1. The Morgan fingerprint density at radius 3 is 2.83 bits per heavy atom. The summed E-state index contributed by atoms with van der Waals surface area (Å²) in [5.74, 6) is 1.16. The molecule has 3 atom stereocenters. The van der Waals surface area contributed by atoms with Crippen molar-refractivity contribution in [2.24, 2.45) is 11.8 Å². The maximum Gasteiger partial charge on any atom is 0.223 e. The Hall–Kier alpha value is -0.570. The Labute approximate surface area is 112 Å². The zero-order valence-corrected chi connectivity index (χ0v) is 12.3. The molecule has 1 heterocycles. The van der Waals surface area contributed by atoms with Gasteiger partial charge in [-0.25, -0.2) is 0 Å². The van der Waals surface area contributed by atoms with Crippen LogP contribution in [0.5, 0.6) is 0 Å². The van der Waals surface area contributed by atoms with E-state index in [2.05, 4.69) is 31.4 Å². The van der Waals surface area contributed by atoms with E-state index in [1.807, 2.05) is 0 Å². The van der Waals surface area contributed by atoms with E-state index in [1.54, 1.807) is 0 Å². The number of carbonyl (C=O) groups excluding carboxylic acids is 1. The molecule has 1 unspecified atom stereocenters. The van der Waals surface area contributed by atoms with Crippen LogP contribution in [-0.2, 0) is 4.79 Å². The molecule has 2 N–H and O–H groups in total. The van der Waals surface area contributed by atoms with Gasteiger partial charge in [0.2, 0.25) is 5.91 Å². The molecule has 1 aliphatic heterocycles. The van der Waals surface area contributed by atoms with Gasteiger partial charge in [0, 0.05) is 18.5 Å². The van der Waals surface area contributed by atoms with Crippen molar-refractivity contribution in [1.82, 2.24) is 10.6 Å². The Bertz CT molecular complexity index is 243. The molecule has 3 heteroatoms. The quantitative estimate of drug-likeness (QED) is 0.733. The van der Waals surface area contributed by atoms with Gasteiger partial charge in [-0.1, -0.05) is 33.1 Å². The lowest BCUT2D eigenvalue weighted by Crippen LogP contribution is -2.43. The molecule has 0 aromatic heterocycles. The van der Waals surface area contributed by atoms with Gasteiger partial charge >= 0.3 is 0 Å². The first-order valence-corrected chi connectivity index (χ1v) is 7.68. The van der Waals surface area contributed by atoms with Crippen molar-refractivity contribution in [1.29, 1.82) is 0 Å². The van der Waals surface area contributed by atoms with E-state index in [4.69, 9.17) is 0 Å². The van der Waals surface area contributed by atoms with E-state index in [9.17, 15) is 4.79 Å². The molecule has 1 rings (SSSR count). The fourth-order valence-electron chi connectivity index (χ4n) is 2.70. The molecule has 18 heavy (non-hydrogen) atoms. The van der Waals surface area contributed by atoms with Crippen LogP contribution in [0.4, 0.5) is 0 Å².